The van der Waals surface area contributed by atoms with E-state index in [2.05, 4.69) is 27.0 Å². The third kappa shape index (κ3) is 6.86. The molecule has 0 saturated carbocycles. The number of rotatable bonds is 9. The molecule has 3 atom stereocenters. The Kier molecular flexibility index (Phi) is 8.16. The molecule has 0 spiro atoms. The molecule has 9 nitrogen and oxygen atoms in total. The minimum Gasteiger partial charge on any atom is -0.496 e. The van der Waals surface area contributed by atoms with E-state index in [9.17, 15) is 19.6 Å². The minimum atomic E-state index is -1.20. The van der Waals surface area contributed by atoms with Crippen LogP contribution in [0, 0.1) is 17.2 Å². The van der Waals surface area contributed by atoms with Crippen molar-refractivity contribution in [3.8, 4) is 11.8 Å². The van der Waals surface area contributed by atoms with Crippen LogP contribution in [0.25, 0.3) is 10.9 Å². The zero-order chi connectivity index (χ0) is 26.8. The Morgan fingerprint density at radius 3 is 2.53 bits per heavy atom. The van der Waals surface area contributed by atoms with Crippen LogP contribution in [-0.4, -0.2) is 72.0 Å². The number of H-pyrrole nitrogens is 1. The van der Waals surface area contributed by atoms with Crippen LogP contribution >= 0.6 is 21.6 Å². The molecule has 3 amide bonds. The monoisotopic (exact) mass is 535 g/mol. The second kappa shape index (κ2) is 10.6. The summed E-state index contributed by atoms with van der Waals surface area (Å²) >= 11 is 6.14. The summed E-state index contributed by atoms with van der Waals surface area (Å²) in [6, 6.07) is 5.39. The number of carbonyl (C=O) groups is 3. The van der Waals surface area contributed by atoms with Crippen molar-refractivity contribution in [2.75, 3.05) is 31.6 Å². The Bertz CT molecular complexity index is 1210. The number of nitrogens with one attached hydrogen (secondary N) is 4. The van der Waals surface area contributed by atoms with Gasteiger partial charge in [0.1, 0.15) is 23.5 Å². The first-order valence-electron chi connectivity index (χ1n) is 11.6. The zero-order valence-corrected chi connectivity index (χ0v) is 23.0. The number of amides is 3. The number of aromatic amines is 1. The Morgan fingerprint density at radius 1 is 1.28 bits per heavy atom. The van der Waals surface area contributed by atoms with Gasteiger partial charge in [0, 0.05) is 27.6 Å². The SMILES string of the molecule is COc1cc(Cl)cc2[nH]c(C(=O)N[C@@H](CS(C)(C)C)C(=O)N[C@H](C#N)C[C@@H]3CC(C)(C)NC3=O)cc12. The number of methoxy groups -OCH3 is 1. The number of carbonyl (C=O) groups excluding carboxylic acids is 3. The van der Waals surface area contributed by atoms with Crippen LogP contribution in [0.4, 0.5) is 0 Å². The zero-order valence-electron chi connectivity index (χ0n) is 21.5. The Hall–Kier alpha value is -2.90. The molecule has 36 heavy (non-hydrogen) atoms. The average molecular weight is 536 g/mol. The van der Waals surface area contributed by atoms with Crippen LogP contribution in [0.5, 0.6) is 5.75 Å². The molecule has 196 valence electrons. The van der Waals surface area contributed by atoms with E-state index in [1.54, 1.807) is 18.2 Å². The highest BCUT2D eigenvalue weighted by molar-refractivity contribution is 8.32. The van der Waals surface area contributed by atoms with Crippen molar-refractivity contribution < 1.29 is 19.1 Å². The molecule has 1 aromatic carbocycles. The van der Waals surface area contributed by atoms with Gasteiger partial charge in [-0.05, 0) is 63.7 Å². The highest BCUT2D eigenvalue weighted by Crippen LogP contribution is 2.35. The van der Waals surface area contributed by atoms with Gasteiger partial charge in [-0.3, -0.25) is 14.4 Å². The van der Waals surface area contributed by atoms with Crippen molar-refractivity contribution in [1.29, 1.82) is 5.26 Å². The maximum atomic E-state index is 13.2. The standard InChI is InChI=1S/C25H34ClN5O4S/c1-25(2)11-14(22(32)31-25)7-16(12-27)28-24(34)20(13-36(4,5)6)30-23(33)19-10-17-18(29-19)8-15(26)9-21(17)35-3/h8-10,14,16,20,29H,7,11,13H2,1-6H3,(H,28,34)(H,30,33)(H,31,32)/t14-,16+,20+/m1/s1. The third-order valence-corrected chi connectivity index (χ3v) is 7.55. The Balaban J connectivity index is 1.76. The fraction of sp³-hybridized carbons (Fsp3) is 0.520. The lowest BCUT2D eigenvalue weighted by Gasteiger charge is -2.31. The lowest BCUT2D eigenvalue weighted by Crippen LogP contribution is -2.52. The Morgan fingerprint density at radius 2 is 1.97 bits per heavy atom. The summed E-state index contributed by atoms with van der Waals surface area (Å²) in [5.41, 5.74) is 0.549. The number of nitrogens with zero attached hydrogens (tertiary/aromatic N) is 1. The molecule has 2 heterocycles. The van der Waals surface area contributed by atoms with Crippen molar-refractivity contribution in [3.63, 3.8) is 0 Å². The van der Waals surface area contributed by atoms with E-state index in [0.29, 0.717) is 33.8 Å². The number of halogens is 1. The minimum absolute atomic E-state index is 0.118. The molecule has 1 saturated heterocycles. The average Bonchev–Trinajstić information content (AvgIpc) is 3.30. The van der Waals surface area contributed by atoms with Crippen LogP contribution in [0.1, 0.15) is 37.2 Å². The molecule has 1 fully saturated rings. The number of fused-ring (bicyclic) bond motifs is 1. The summed E-state index contributed by atoms with van der Waals surface area (Å²) in [5, 5.41) is 19.3. The maximum Gasteiger partial charge on any atom is 0.268 e. The van der Waals surface area contributed by atoms with Crippen LogP contribution in [0.15, 0.2) is 18.2 Å². The molecule has 1 aliphatic heterocycles. The van der Waals surface area contributed by atoms with Gasteiger partial charge >= 0.3 is 0 Å². The quantitative estimate of drug-likeness (QED) is 0.391. The van der Waals surface area contributed by atoms with Crippen LogP contribution in [0.2, 0.25) is 5.02 Å². The summed E-state index contributed by atoms with van der Waals surface area (Å²) in [5.74, 6) is -0.440. The van der Waals surface area contributed by atoms with Gasteiger partial charge < -0.3 is 25.7 Å². The number of hydrogen-bond donors (Lipinski definition) is 4. The molecule has 0 unspecified atom stereocenters. The number of benzene rings is 1. The molecule has 0 bridgehead atoms. The first-order valence-corrected chi connectivity index (χ1v) is 15.0. The molecular weight excluding hydrogens is 502 g/mol. The molecule has 2 aromatic rings. The van der Waals surface area contributed by atoms with Gasteiger partial charge in [-0.2, -0.15) is 5.26 Å². The van der Waals surface area contributed by atoms with Crippen molar-refractivity contribution >= 4 is 50.3 Å². The van der Waals surface area contributed by atoms with E-state index < -0.39 is 33.9 Å². The lowest BCUT2D eigenvalue weighted by atomic mass is 9.92. The smallest absolute Gasteiger partial charge is 0.268 e. The third-order valence-electron chi connectivity index (χ3n) is 6.00. The highest BCUT2D eigenvalue weighted by Gasteiger charge is 2.39. The van der Waals surface area contributed by atoms with Gasteiger partial charge in [-0.1, -0.05) is 11.6 Å². The van der Waals surface area contributed by atoms with Crippen molar-refractivity contribution in [1.82, 2.24) is 20.9 Å². The van der Waals surface area contributed by atoms with E-state index in [-0.39, 0.29) is 29.5 Å². The largest absolute Gasteiger partial charge is 0.496 e. The van der Waals surface area contributed by atoms with Crippen LogP contribution in [0.3, 0.4) is 0 Å². The first-order chi connectivity index (χ1) is 16.7. The van der Waals surface area contributed by atoms with Gasteiger partial charge in [0.05, 0.1) is 18.7 Å². The van der Waals surface area contributed by atoms with Gasteiger partial charge in [0.2, 0.25) is 11.8 Å². The molecule has 3 rings (SSSR count). The van der Waals surface area contributed by atoms with E-state index >= 15 is 0 Å². The predicted octanol–water partition coefficient (Wildman–Crippen LogP) is 2.94. The maximum absolute atomic E-state index is 13.2. The van der Waals surface area contributed by atoms with Crippen molar-refractivity contribution in [2.45, 2.75) is 44.3 Å². The second-order valence-electron chi connectivity index (χ2n) is 10.7. The highest BCUT2D eigenvalue weighted by atomic mass is 35.5. The number of ether oxygens (including phenoxy) is 1. The van der Waals surface area contributed by atoms with E-state index in [4.69, 9.17) is 16.3 Å². The number of aromatic nitrogens is 1. The molecule has 4 N–H and O–H groups in total. The van der Waals surface area contributed by atoms with Gasteiger partial charge in [-0.25, -0.2) is 10.0 Å². The number of nitriles is 1. The lowest BCUT2D eigenvalue weighted by molar-refractivity contribution is -0.125. The molecule has 0 radical (unpaired) electrons. The molecule has 11 heteroatoms. The van der Waals surface area contributed by atoms with Gasteiger partial charge in [0.25, 0.3) is 5.91 Å². The first kappa shape index (κ1) is 27.7. The summed E-state index contributed by atoms with van der Waals surface area (Å²) in [4.78, 5) is 41.7. The van der Waals surface area contributed by atoms with Gasteiger partial charge in [0.15, 0.2) is 0 Å². The van der Waals surface area contributed by atoms with E-state index in [0.717, 1.165) is 0 Å². The summed E-state index contributed by atoms with van der Waals surface area (Å²) in [6.45, 7) is 3.85. The van der Waals surface area contributed by atoms with Crippen molar-refractivity contribution in [2.24, 2.45) is 5.92 Å². The number of hydrogen-bond acceptors (Lipinski definition) is 5. The molecule has 0 aliphatic carbocycles. The van der Waals surface area contributed by atoms with Gasteiger partial charge in [-0.15, -0.1) is 0 Å². The molecule has 1 aromatic heterocycles. The predicted molar refractivity (Wildman–Crippen MR) is 144 cm³/mol. The van der Waals surface area contributed by atoms with E-state index in [1.807, 2.05) is 32.6 Å². The summed E-state index contributed by atoms with van der Waals surface area (Å²) in [6.07, 6.45) is 6.93. The van der Waals surface area contributed by atoms with E-state index in [1.165, 1.54) is 7.11 Å². The molecule has 1 aliphatic rings. The van der Waals surface area contributed by atoms with Crippen molar-refractivity contribution in [3.05, 3.63) is 28.9 Å². The second-order valence-corrected chi connectivity index (χ2v) is 15.7. The Labute approximate surface area is 218 Å². The molecular formula is C25H34ClN5O4S. The van der Waals surface area contributed by atoms with Crippen LogP contribution in [-0.2, 0) is 9.59 Å². The summed E-state index contributed by atoms with van der Waals surface area (Å²) in [7, 11) is 0.324. The normalized spacial score (nSPS) is 19.2. The fourth-order valence-electron chi connectivity index (χ4n) is 4.47. The fourth-order valence-corrected chi connectivity index (χ4v) is 5.91. The summed E-state index contributed by atoms with van der Waals surface area (Å²) < 4.78 is 5.36. The van der Waals surface area contributed by atoms with Crippen LogP contribution < -0.4 is 20.7 Å². The topological polar surface area (TPSA) is 136 Å².